The molecule has 1 saturated heterocycles. The molecule has 5 N–H and O–H groups in total. The fourth-order valence-electron chi connectivity index (χ4n) is 5.55. The second-order valence-corrected chi connectivity index (χ2v) is 12.9. The summed E-state index contributed by atoms with van der Waals surface area (Å²) < 4.78 is 33.9. The summed E-state index contributed by atoms with van der Waals surface area (Å²) in [4.78, 5) is 52.3. The molecule has 2 aliphatic rings. The average molecular weight is 634 g/mol. The maximum Gasteiger partial charge on any atom is 0.410 e. The number of carbonyl (C=O) groups excluding carboxylic acids is 2. The molecule has 2 aliphatic heterocycles. The number of oxime groups is 1. The lowest BCUT2D eigenvalue weighted by Gasteiger charge is -2.24. The molecule has 1 aromatic heterocycles. The van der Waals surface area contributed by atoms with Crippen LogP contribution in [-0.2, 0) is 29.2 Å². The van der Waals surface area contributed by atoms with E-state index < -0.39 is 46.2 Å². The molecule has 0 bridgehead atoms. The van der Waals surface area contributed by atoms with Gasteiger partial charge in [0.05, 0.1) is 24.1 Å². The van der Waals surface area contributed by atoms with E-state index in [1.54, 1.807) is 43.3 Å². The molecule has 2 aromatic rings. The molecular weight excluding hydrogens is 594 g/mol. The number of aromatic amines is 1. The van der Waals surface area contributed by atoms with Crippen molar-refractivity contribution in [3.8, 4) is 0 Å². The number of nitrogens with one attached hydrogen (secondary N) is 4. The molecule has 0 radical (unpaired) electrons. The number of amides is 2. The van der Waals surface area contributed by atoms with Crippen molar-refractivity contribution in [2.45, 2.75) is 76.0 Å². The van der Waals surface area contributed by atoms with Crippen molar-refractivity contribution in [1.29, 1.82) is 0 Å². The van der Waals surface area contributed by atoms with Gasteiger partial charge in [0.1, 0.15) is 11.8 Å². The van der Waals surface area contributed by atoms with Gasteiger partial charge in [-0.3, -0.25) is 14.5 Å². The van der Waals surface area contributed by atoms with Gasteiger partial charge in [-0.15, -0.1) is 0 Å². The summed E-state index contributed by atoms with van der Waals surface area (Å²) in [5, 5.41) is 19.3. The van der Waals surface area contributed by atoms with Gasteiger partial charge in [-0.25, -0.2) is 18.2 Å². The number of aromatic nitrogens is 2. The van der Waals surface area contributed by atoms with Gasteiger partial charge >= 0.3 is 12.1 Å². The summed E-state index contributed by atoms with van der Waals surface area (Å²) in [5.41, 5.74) is 0.838. The Balaban J connectivity index is 1.39. The standard InChI is InChI=1S/C28H39N7O8S/c1-5-6-9-42-27(39)35-16-28(12-20(35)14-32-26-29-7-8-30-26)13-21(33-43-28)24(36)31-15-22(25(37)38)34-44(40,41)23-18(3)10-17(2)11-19(23)4/h7-8,10-11,20,22,34H,5-6,9,12-16H2,1-4H3,(H,31,36)(H,37,38)(H2,29,30,32)/t20-,22-,28-/m0/s1. The number of nitrogens with zero attached hydrogens (tertiary/aromatic N) is 3. The lowest BCUT2D eigenvalue weighted by molar-refractivity contribution is -0.138. The minimum atomic E-state index is -4.22. The zero-order valence-corrected chi connectivity index (χ0v) is 26.0. The van der Waals surface area contributed by atoms with E-state index in [-0.39, 0.29) is 36.2 Å². The van der Waals surface area contributed by atoms with Crippen molar-refractivity contribution in [3.05, 3.63) is 41.2 Å². The number of ether oxygens (including phenoxy) is 1. The Morgan fingerprint density at radius 2 is 1.98 bits per heavy atom. The van der Waals surface area contributed by atoms with Gasteiger partial charge in [-0.2, -0.15) is 4.72 Å². The topological polar surface area (TPSA) is 204 Å². The van der Waals surface area contributed by atoms with Crippen molar-refractivity contribution in [3.63, 3.8) is 0 Å². The van der Waals surface area contributed by atoms with Gasteiger partial charge in [0.25, 0.3) is 5.91 Å². The number of benzene rings is 1. The minimum Gasteiger partial charge on any atom is -0.480 e. The molecule has 3 atom stereocenters. The van der Waals surface area contributed by atoms with Crippen molar-refractivity contribution in [2.75, 3.05) is 31.6 Å². The van der Waals surface area contributed by atoms with Crippen LogP contribution >= 0.6 is 0 Å². The van der Waals surface area contributed by atoms with Crippen LogP contribution in [0.5, 0.6) is 0 Å². The fraction of sp³-hybridized carbons (Fsp3) is 0.536. The van der Waals surface area contributed by atoms with Crippen molar-refractivity contribution in [2.24, 2.45) is 5.16 Å². The van der Waals surface area contributed by atoms with Crippen LogP contribution in [0.25, 0.3) is 0 Å². The monoisotopic (exact) mass is 633 g/mol. The van der Waals surface area contributed by atoms with Crippen LogP contribution in [0.3, 0.4) is 0 Å². The third-order valence-electron chi connectivity index (χ3n) is 7.51. The normalized spacial score (nSPS) is 20.2. The summed E-state index contributed by atoms with van der Waals surface area (Å²) in [6.45, 7) is 7.29. The average Bonchev–Trinajstić information content (AvgIpc) is 3.69. The van der Waals surface area contributed by atoms with E-state index in [0.717, 1.165) is 18.4 Å². The number of imidazole rings is 1. The Morgan fingerprint density at radius 3 is 2.61 bits per heavy atom. The third kappa shape index (κ3) is 7.66. The van der Waals surface area contributed by atoms with E-state index >= 15 is 0 Å². The predicted molar refractivity (Wildman–Crippen MR) is 160 cm³/mol. The number of rotatable bonds is 13. The summed E-state index contributed by atoms with van der Waals surface area (Å²) in [6, 6.07) is 1.39. The van der Waals surface area contributed by atoms with Gasteiger partial charge in [-0.1, -0.05) is 36.2 Å². The molecule has 44 heavy (non-hydrogen) atoms. The molecule has 15 nitrogen and oxygen atoms in total. The molecule has 0 saturated carbocycles. The van der Waals surface area contributed by atoms with E-state index in [2.05, 4.69) is 30.5 Å². The third-order valence-corrected chi connectivity index (χ3v) is 9.28. The van der Waals surface area contributed by atoms with Crippen LogP contribution in [0, 0.1) is 20.8 Å². The smallest absolute Gasteiger partial charge is 0.410 e. The number of sulfonamides is 1. The number of aryl methyl sites for hydroxylation is 3. The summed E-state index contributed by atoms with van der Waals surface area (Å²) in [7, 11) is -4.22. The van der Waals surface area contributed by atoms with Gasteiger partial charge in [0.2, 0.25) is 10.0 Å². The van der Waals surface area contributed by atoms with Crippen LogP contribution in [-0.4, -0.2) is 96.0 Å². The van der Waals surface area contributed by atoms with Crippen molar-refractivity contribution < 1.29 is 37.5 Å². The molecule has 1 spiro atoms. The Kier molecular flexibility index (Phi) is 10.1. The molecule has 2 amide bonds. The van der Waals surface area contributed by atoms with E-state index in [1.165, 1.54) is 0 Å². The Hall–Kier alpha value is -4.18. The summed E-state index contributed by atoms with van der Waals surface area (Å²) >= 11 is 0. The van der Waals surface area contributed by atoms with E-state index in [4.69, 9.17) is 9.57 Å². The SMILES string of the molecule is CCCCOC(=O)N1C[C@@]2(CC(C(=O)NC[C@H](NS(=O)(=O)c3c(C)cc(C)cc3C)C(=O)O)=NO2)C[C@H]1CNc1ncc[nH]1. The number of carboxylic acids is 1. The van der Waals surface area contributed by atoms with Crippen LogP contribution < -0.4 is 15.4 Å². The Morgan fingerprint density at radius 1 is 1.25 bits per heavy atom. The zero-order chi connectivity index (χ0) is 32.1. The lowest BCUT2D eigenvalue weighted by Crippen LogP contribution is -2.49. The molecule has 16 heteroatoms. The molecular formula is C28H39N7O8S. The number of carboxylic acid groups (broad SMARTS) is 1. The molecule has 0 aliphatic carbocycles. The first-order valence-corrected chi connectivity index (χ1v) is 15.9. The van der Waals surface area contributed by atoms with Gasteiger partial charge in [0.15, 0.2) is 11.5 Å². The number of aliphatic carboxylic acids is 1. The number of H-pyrrole nitrogens is 1. The van der Waals surface area contributed by atoms with E-state index in [9.17, 15) is 27.9 Å². The fourth-order valence-corrected chi connectivity index (χ4v) is 7.20. The van der Waals surface area contributed by atoms with Crippen LogP contribution in [0.1, 0.15) is 49.3 Å². The van der Waals surface area contributed by atoms with Crippen LogP contribution in [0.15, 0.2) is 34.6 Å². The Labute approximate surface area is 255 Å². The van der Waals surface area contributed by atoms with Crippen LogP contribution in [0.2, 0.25) is 0 Å². The molecule has 4 rings (SSSR count). The highest BCUT2D eigenvalue weighted by Crippen LogP contribution is 2.38. The lowest BCUT2D eigenvalue weighted by atomic mass is 9.94. The molecule has 1 aromatic carbocycles. The number of carbonyl (C=O) groups is 3. The Bertz CT molecular complexity index is 1490. The van der Waals surface area contributed by atoms with Gasteiger partial charge < -0.3 is 30.3 Å². The molecule has 0 unspecified atom stereocenters. The summed E-state index contributed by atoms with van der Waals surface area (Å²) in [5.74, 6) is -1.63. The van der Waals surface area contributed by atoms with Crippen molar-refractivity contribution in [1.82, 2.24) is 24.9 Å². The highest BCUT2D eigenvalue weighted by atomic mass is 32.2. The second kappa shape index (κ2) is 13.6. The number of hydrogen-bond acceptors (Lipinski definition) is 10. The largest absolute Gasteiger partial charge is 0.480 e. The maximum atomic E-state index is 13.1. The van der Waals surface area contributed by atoms with Crippen molar-refractivity contribution >= 4 is 39.7 Å². The number of anilines is 1. The second-order valence-electron chi connectivity index (χ2n) is 11.2. The highest BCUT2D eigenvalue weighted by molar-refractivity contribution is 7.89. The highest BCUT2D eigenvalue weighted by Gasteiger charge is 2.52. The molecule has 240 valence electrons. The zero-order valence-electron chi connectivity index (χ0n) is 25.2. The van der Waals surface area contributed by atoms with Crippen LogP contribution in [0.4, 0.5) is 10.7 Å². The predicted octanol–water partition coefficient (Wildman–Crippen LogP) is 1.82. The van der Waals surface area contributed by atoms with E-state index in [1.807, 2.05) is 13.8 Å². The van der Waals surface area contributed by atoms with Gasteiger partial charge in [-0.05, 0) is 38.3 Å². The quantitative estimate of drug-likeness (QED) is 0.202. The number of hydrogen-bond donors (Lipinski definition) is 5. The number of likely N-dealkylation sites (tertiary alicyclic amines) is 1. The first kappa shape index (κ1) is 32.7. The summed E-state index contributed by atoms with van der Waals surface area (Å²) in [6.07, 6.45) is 4.75. The first-order chi connectivity index (χ1) is 20.8. The maximum absolute atomic E-state index is 13.1. The number of unbranched alkanes of at least 4 members (excludes halogenated alkanes) is 1. The molecule has 1 fully saturated rings. The first-order valence-electron chi connectivity index (χ1n) is 14.4. The van der Waals surface area contributed by atoms with Gasteiger partial charge in [0, 0.05) is 38.3 Å². The van der Waals surface area contributed by atoms with E-state index in [0.29, 0.717) is 30.0 Å². The minimum absolute atomic E-state index is 0.00108. The molecule has 3 heterocycles.